The van der Waals surface area contributed by atoms with Crippen LogP contribution in [0.3, 0.4) is 0 Å². The zero-order valence-corrected chi connectivity index (χ0v) is 15.1. The molecule has 0 nitrogen and oxygen atoms in total. The highest BCUT2D eigenvalue weighted by atomic mass is 32.2. The molecule has 0 unspecified atom stereocenters. The molecular formula is C18H12S4. The number of aryl methyl sites for hydroxylation is 1. The quantitative estimate of drug-likeness (QED) is 0.305. The third-order valence-electron chi connectivity index (χ3n) is 3.94. The second kappa shape index (κ2) is 4.90. The van der Waals surface area contributed by atoms with Crippen molar-refractivity contribution < 1.29 is 0 Å². The molecule has 0 amide bonds. The number of hydrogen-bond acceptors (Lipinski definition) is 4. The topological polar surface area (TPSA) is 0 Å². The molecule has 22 heavy (non-hydrogen) atoms. The Morgan fingerprint density at radius 3 is 2.18 bits per heavy atom. The molecule has 0 atom stereocenters. The highest BCUT2D eigenvalue weighted by Crippen LogP contribution is 2.50. The van der Waals surface area contributed by atoms with Gasteiger partial charge in [0.2, 0.25) is 0 Å². The molecular weight excluding hydrogens is 344 g/mol. The predicted octanol–water partition coefficient (Wildman–Crippen LogP) is 7.62. The Labute approximate surface area is 144 Å². The summed E-state index contributed by atoms with van der Waals surface area (Å²) in [5.74, 6) is 0. The third-order valence-corrected chi connectivity index (χ3v) is 9.19. The minimum absolute atomic E-state index is 1.14. The molecule has 0 saturated heterocycles. The molecule has 0 aliphatic carbocycles. The molecule has 0 aliphatic rings. The van der Waals surface area contributed by atoms with Crippen LogP contribution in [0.4, 0.5) is 0 Å². The Hall–Kier alpha value is -1.20. The van der Waals surface area contributed by atoms with Crippen LogP contribution in [0.5, 0.6) is 0 Å². The van der Waals surface area contributed by atoms with Gasteiger partial charge in [-0.05, 0) is 24.1 Å². The van der Waals surface area contributed by atoms with Gasteiger partial charge in [-0.3, -0.25) is 0 Å². The van der Waals surface area contributed by atoms with Crippen LogP contribution in [0.25, 0.3) is 38.6 Å². The van der Waals surface area contributed by atoms with Gasteiger partial charge in [-0.1, -0.05) is 37.3 Å². The van der Waals surface area contributed by atoms with Crippen molar-refractivity contribution in [3.8, 4) is 10.4 Å². The number of fused-ring (bicyclic) bond motifs is 5. The monoisotopic (exact) mass is 356 g/mol. The molecule has 5 rings (SSSR count). The number of thiophene rings is 4. The Morgan fingerprint density at radius 2 is 1.45 bits per heavy atom. The van der Waals surface area contributed by atoms with Crippen molar-refractivity contribution in [2.75, 3.05) is 0 Å². The molecule has 1 aromatic carbocycles. The average molecular weight is 357 g/mol. The van der Waals surface area contributed by atoms with Crippen LogP contribution in [0.2, 0.25) is 0 Å². The summed E-state index contributed by atoms with van der Waals surface area (Å²) in [4.78, 5) is 2.89. The molecule has 4 heteroatoms. The van der Waals surface area contributed by atoms with Gasteiger partial charge < -0.3 is 0 Å². The number of hydrogen-bond donors (Lipinski definition) is 0. The van der Waals surface area contributed by atoms with Crippen LogP contribution in [-0.4, -0.2) is 0 Å². The molecule has 0 bridgehead atoms. The number of rotatable bonds is 2. The summed E-state index contributed by atoms with van der Waals surface area (Å²) in [5, 5.41) is 2.94. The van der Waals surface area contributed by atoms with E-state index in [1.54, 1.807) is 0 Å². The smallest absolute Gasteiger partial charge is 0.0892 e. The van der Waals surface area contributed by atoms with Gasteiger partial charge >= 0.3 is 0 Å². The van der Waals surface area contributed by atoms with E-state index >= 15 is 0 Å². The summed E-state index contributed by atoms with van der Waals surface area (Å²) >= 11 is 7.85. The van der Waals surface area contributed by atoms with Crippen LogP contribution in [0, 0.1) is 0 Å². The highest BCUT2D eigenvalue weighted by Gasteiger charge is 2.16. The summed E-state index contributed by atoms with van der Waals surface area (Å²) in [6.07, 6.45) is 1.14. The first-order valence-electron chi connectivity index (χ1n) is 7.26. The van der Waals surface area contributed by atoms with Gasteiger partial charge in [0.1, 0.15) is 0 Å². The average Bonchev–Trinajstić information content (AvgIpc) is 3.25. The third kappa shape index (κ3) is 1.85. The van der Waals surface area contributed by atoms with E-state index in [2.05, 4.69) is 49.4 Å². The van der Waals surface area contributed by atoms with E-state index < -0.39 is 0 Å². The SMILES string of the molecule is CCc1cc2c(s1)sc1c3cc(-c4ccccc4)sc3sc21. The maximum Gasteiger partial charge on any atom is 0.0892 e. The normalized spacial score (nSPS) is 12.0. The molecule has 0 saturated carbocycles. The molecule has 0 N–H and O–H groups in total. The Bertz CT molecular complexity index is 1100. The molecule has 0 aliphatic heterocycles. The van der Waals surface area contributed by atoms with Gasteiger partial charge in [-0.15, -0.1) is 45.3 Å². The van der Waals surface area contributed by atoms with Crippen LogP contribution >= 0.6 is 45.3 Å². The van der Waals surface area contributed by atoms with Crippen molar-refractivity contribution in [3.05, 3.63) is 47.3 Å². The summed E-state index contributed by atoms with van der Waals surface area (Å²) in [7, 11) is 0. The minimum Gasteiger partial charge on any atom is -0.129 e. The molecule has 4 heterocycles. The van der Waals surface area contributed by atoms with Crippen LogP contribution < -0.4 is 0 Å². The Kier molecular flexibility index (Phi) is 2.95. The van der Waals surface area contributed by atoms with Crippen molar-refractivity contribution in [3.63, 3.8) is 0 Å². The van der Waals surface area contributed by atoms with Gasteiger partial charge in [-0.25, -0.2) is 0 Å². The maximum atomic E-state index is 2.40. The molecule has 4 aromatic heterocycles. The first kappa shape index (κ1) is 13.3. The second-order valence-corrected chi connectivity index (χ2v) is 10.1. The van der Waals surface area contributed by atoms with Crippen LogP contribution in [-0.2, 0) is 6.42 Å². The first-order chi connectivity index (χ1) is 10.8. The molecule has 0 radical (unpaired) electrons. The van der Waals surface area contributed by atoms with Gasteiger partial charge in [0.15, 0.2) is 0 Å². The highest BCUT2D eigenvalue weighted by molar-refractivity contribution is 7.49. The van der Waals surface area contributed by atoms with Crippen molar-refractivity contribution in [2.24, 2.45) is 0 Å². The summed E-state index contributed by atoms with van der Waals surface area (Å²) < 4.78 is 5.94. The lowest BCUT2D eigenvalue weighted by Gasteiger charge is -1.94. The van der Waals surface area contributed by atoms with Crippen molar-refractivity contribution in [1.82, 2.24) is 0 Å². The van der Waals surface area contributed by atoms with Crippen molar-refractivity contribution in [2.45, 2.75) is 13.3 Å². The zero-order valence-electron chi connectivity index (χ0n) is 11.9. The zero-order chi connectivity index (χ0) is 14.7. The number of benzene rings is 1. The van der Waals surface area contributed by atoms with Crippen molar-refractivity contribution in [1.29, 1.82) is 0 Å². The Balaban J connectivity index is 1.76. The lowest BCUT2D eigenvalue weighted by Crippen LogP contribution is -1.68. The molecule has 0 spiro atoms. The largest absolute Gasteiger partial charge is 0.129 e. The van der Waals surface area contributed by atoms with E-state index in [0.29, 0.717) is 0 Å². The predicted molar refractivity (Wildman–Crippen MR) is 105 cm³/mol. The summed E-state index contributed by atoms with van der Waals surface area (Å²) in [6.45, 7) is 2.24. The molecule has 5 aromatic rings. The van der Waals surface area contributed by atoms with Gasteiger partial charge in [0, 0.05) is 20.5 Å². The fraction of sp³-hybridized carbons (Fsp3) is 0.111. The maximum absolute atomic E-state index is 2.40. The van der Waals surface area contributed by atoms with E-state index in [9.17, 15) is 0 Å². The lowest BCUT2D eigenvalue weighted by molar-refractivity contribution is 1.19. The Morgan fingerprint density at radius 1 is 0.773 bits per heavy atom. The fourth-order valence-electron chi connectivity index (χ4n) is 2.82. The van der Waals surface area contributed by atoms with E-state index in [1.165, 1.54) is 43.5 Å². The molecule has 0 fully saturated rings. The van der Waals surface area contributed by atoms with Crippen LogP contribution in [0.15, 0.2) is 42.5 Å². The minimum atomic E-state index is 1.14. The van der Waals surface area contributed by atoms with E-state index in [0.717, 1.165) is 6.42 Å². The standard InChI is InChI=1S/C18H12S4/c1-2-11-8-12-15-16(21-17(12)19-11)13-9-14(20-18(13)22-15)10-6-4-3-5-7-10/h3-9H,2H2,1H3. The van der Waals surface area contributed by atoms with Crippen LogP contribution in [0.1, 0.15) is 11.8 Å². The van der Waals surface area contributed by atoms with E-state index in [4.69, 9.17) is 0 Å². The van der Waals surface area contributed by atoms with Gasteiger partial charge in [0.25, 0.3) is 0 Å². The fourth-order valence-corrected chi connectivity index (χ4v) is 8.34. The second-order valence-electron chi connectivity index (χ2n) is 5.31. The first-order valence-corrected chi connectivity index (χ1v) is 10.5. The van der Waals surface area contributed by atoms with Crippen molar-refractivity contribution >= 4 is 73.5 Å². The lowest BCUT2D eigenvalue weighted by atomic mass is 10.2. The van der Waals surface area contributed by atoms with E-state index in [-0.39, 0.29) is 0 Å². The van der Waals surface area contributed by atoms with Gasteiger partial charge in [-0.2, -0.15) is 0 Å². The molecule has 108 valence electrons. The van der Waals surface area contributed by atoms with Gasteiger partial charge in [0.05, 0.1) is 17.4 Å². The van der Waals surface area contributed by atoms with E-state index in [1.807, 2.05) is 45.3 Å². The summed E-state index contributed by atoms with van der Waals surface area (Å²) in [5.41, 5.74) is 1.33. The summed E-state index contributed by atoms with van der Waals surface area (Å²) in [6, 6.07) is 15.5.